The Kier molecular flexibility index (Phi) is 8.16. The van der Waals surface area contributed by atoms with Gasteiger partial charge in [-0.2, -0.15) is 0 Å². The topological polar surface area (TPSA) is 58.6 Å². The van der Waals surface area contributed by atoms with Crippen LogP contribution in [0.4, 0.5) is 4.39 Å². The number of amides is 2. The van der Waals surface area contributed by atoms with Gasteiger partial charge >= 0.3 is 0 Å². The molecule has 186 valence electrons. The second-order valence-electron chi connectivity index (χ2n) is 9.10. The van der Waals surface area contributed by atoms with Crippen molar-refractivity contribution in [3.05, 3.63) is 114 Å². The minimum Gasteiger partial charge on any atom is -0.490 e. The molecule has 5 nitrogen and oxygen atoms in total. The van der Waals surface area contributed by atoms with Gasteiger partial charge in [-0.05, 0) is 48.7 Å². The highest BCUT2D eigenvalue weighted by Crippen LogP contribution is 2.25. The van der Waals surface area contributed by atoms with E-state index in [4.69, 9.17) is 4.74 Å². The lowest BCUT2D eigenvalue weighted by molar-refractivity contribution is -0.126. The third kappa shape index (κ3) is 6.19. The van der Waals surface area contributed by atoms with Crippen LogP contribution in [0, 0.1) is 5.82 Å². The lowest BCUT2D eigenvalue weighted by atomic mass is 9.99. The molecule has 0 fully saturated rings. The van der Waals surface area contributed by atoms with Crippen LogP contribution < -0.4 is 10.1 Å². The molecule has 1 aliphatic heterocycles. The smallest absolute Gasteiger partial charge is 0.258 e. The van der Waals surface area contributed by atoms with Gasteiger partial charge in [0, 0.05) is 19.9 Å². The molecule has 0 unspecified atom stereocenters. The maximum absolute atomic E-state index is 13.7. The molecule has 1 aliphatic rings. The Balaban J connectivity index is 1.73. The zero-order valence-electron chi connectivity index (χ0n) is 20.6. The second-order valence-corrected chi connectivity index (χ2v) is 9.10. The number of hydrogen-bond donors (Lipinski definition) is 1. The number of para-hydroxylation sites is 1. The van der Waals surface area contributed by atoms with Crippen molar-refractivity contribution in [2.75, 3.05) is 7.05 Å². The predicted octanol–water partition coefficient (Wildman–Crippen LogP) is 5.48. The minimum absolute atomic E-state index is 0.151. The van der Waals surface area contributed by atoms with Crippen molar-refractivity contribution in [2.45, 2.75) is 44.4 Å². The van der Waals surface area contributed by atoms with Gasteiger partial charge in [0.05, 0.1) is 17.7 Å². The average Bonchev–Trinajstić information content (AvgIpc) is 2.89. The first-order valence-corrected chi connectivity index (χ1v) is 12.2. The van der Waals surface area contributed by atoms with Crippen molar-refractivity contribution in [3.63, 3.8) is 0 Å². The van der Waals surface area contributed by atoms with Gasteiger partial charge in [0.2, 0.25) is 5.91 Å². The quantitative estimate of drug-likeness (QED) is 0.499. The number of likely N-dealkylation sites (N-methyl/N-ethyl adjacent to an activating group) is 1. The summed E-state index contributed by atoms with van der Waals surface area (Å²) >= 11 is 0. The first-order chi connectivity index (χ1) is 17.4. The summed E-state index contributed by atoms with van der Waals surface area (Å²) in [7, 11) is 1.65. The molecule has 0 saturated heterocycles. The van der Waals surface area contributed by atoms with Gasteiger partial charge in [-0.25, -0.2) is 4.39 Å². The summed E-state index contributed by atoms with van der Waals surface area (Å²) < 4.78 is 19.7. The van der Waals surface area contributed by atoms with Gasteiger partial charge in [0.25, 0.3) is 5.91 Å². The van der Waals surface area contributed by atoms with Gasteiger partial charge in [0.15, 0.2) is 0 Å². The number of halogens is 1. The zero-order chi connectivity index (χ0) is 25.5. The predicted molar refractivity (Wildman–Crippen MR) is 138 cm³/mol. The minimum atomic E-state index is -0.764. The van der Waals surface area contributed by atoms with Crippen LogP contribution in [-0.2, 0) is 11.2 Å². The fraction of sp³-hybridized carbons (Fsp3) is 0.267. The number of fused-ring (bicyclic) bond motifs is 1. The van der Waals surface area contributed by atoms with Crippen molar-refractivity contribution < 1.29 is 18.7 Å². The Labute approximate surface area is 211 Å². The molecule has 36 heavy (non-hydrogen) atoms. The Morgan fingerprint density at radius 1 is 0.917 bits per heavy atom. The molecular formula is C30H31FN2O3. The molecule has 2 amide bonds. The Morgan fingerprint density at radius 2 is 1.58 bits per heavy atom. The highest BCUT2D eigenvalue weighted by atomic mass is 19.1. The summed E-state index contributed by atoms with van der Waals surface area (Å²) in [5, 5.41) is 3.13. The van der Waals surface area contributed by atoms with E-state index < -0.39 is 6.04 Å². The Bertz CT molecular complexity index is 1210. The molecule has 3 aromatic rings. The van der Waals surface area contributed by atoms with E-state index in [0.29, 0.717) is 30.6 Å². The highest BCUT2D eigenvalue weighted by molar-refractivity contribution is 5.99. The van der Waals surface area contributed by atoms with Gasteiger partial charge < -0.3 is 15.0 Å². The van der Waals surface area contributed by atoms with E-state index in [1.165, 1.54) is 17.0 Å². The van der Waals surface area contributed by atoms with E-state index in [1.54, 1.807) is 37.4 Å². The van der Waals surface area contributed by atoms with Gasteiger partial charge in [-0.3, -0.25) is 9.59 Å². The summed E-state index contributed by atoms with van der Waals surface area (Å²) in [6.07, 6.45) is 5.38. The van der Waals surface area contributed by atoms with E-state index in [0.717, 1.165) is 11.1 Å². The fourth-order valence-electron chi connectivity index (χ4n) is 4.35. The summed E-state index contributed by atoms with van der Waals surface area (Å²) in [5.74, 6) is -0.408. The SMILES string of the molecule is C[C@@H]1C/C=C\C[C@H](c2ccc(F)cc2)NC(=O)[C@@H](Cc2ccccc2)N(C)C(=O)c2ccccc2O1. The number of nitrogens with zero attached hydrogens (tertiary/aromatic N) is 1. The molecule has 0 bridgehead atoms. The van der Waals surface area contributed by atoms with Gasteiger partial charge in [-0.1, -0.05) is 66.7 Å². The van der Waals surface area contributed by atoms with Crippen LogP contribution in [0.2, 0.25) is 0 Å². The summed E-state index contributed by atoms with van der Waals surface area (Å²) in [4.78, 5) is 28.9. The third-order valence-electron chi connectivity index (χ3n) is 6.40. The third-order valence-corrected chi connectivity index (χ3v) is 6.40. The van der Waals surface area contributed by atoms with Crippen molar-refractivity contribution >= 4 is 11.8 Å². The normalized spacial score (nSPS) is 22.1. The lowest BCUT2D eigenvalue weighted by Gasteiger charge is -2.30. The number of carbonyl (C=O) groups excluding carboxylic acids is 2. The molecule has 4 rings (SSSR count). The molecule has 0 radical (unpaired) electrons. The number of hydrogen-bond acceptors (Lipinski definition) is 3. The maximum atomic E-state index is 13.7. The maximum Gasteiger partial charge on any atom is 0.258 e. The number of benzene rings is 3. The number of ether oxygens (including phenoxy) is 1. The molecule has 0 saturated carbocycles. The monoisotopic (exact) mass is 486 g/mol. The van der Waals surface area contributed by atoms with E-state index in [-0.39, 0.29) is 29.8 Å². The average molecular weight is 487 g/mol. The lowest BCUT2D eigenvalue weighted by Crippen LogP contribution is -2.49. The van der Waals surface area contributed by atoms with Crippen molar-refractivity contribution in [1.29, 1.82) is 0 Å². The Hall–Kier alpha value is -3.93. The van der Waals surface area contributed by atoms with Crippen molar-refractivity contribution in [2.24, 2.45) is 0 Å². The van der Waals surface area contributed by atoms with E-state index in [1.807, 2.05) is 55.5 Å². The van der Waals surface area contributed by atoms with Gasteiger partial charge in [-0.15, -0.1) is 0 Å². The molecule has 0 aliphatic carbocycles. The first kappa shape index (κ1) is 25.2. The Morgan fingerprint density at radius 3 is 2.33 bits per heavy atom. The first-order valence-electron chi connectivity index (χ1n) is 12.2. The molecule has 1 heterocycles. The molecular weight excluding hydrogens is 455 g/mol. The molecule has 0 aromatic heterocycles. The summed E-state index contributed by atoms with van der Waals surface area (Å²) in [5.41, 5.74) is 2.15. The molecule has 6 heteroatoms. The number of carbonyl (C=O) groups is 2. The summed E-state index contributed by atoms with van der Waals surface area (Å²) in [6, 6.07) is 21.8. The van der Waals surface area contributed by atoms with Crippen LogP contribution in [0.3, 0.4) is 0 Å². The van der Waals surface area contributed by atoms with Crippen LogP contribution in [-0.4, -0.2) is 35.9 Å². The van der Waals surface area contributed by atoms with Crippen LogP contribution in [0.15, 0.2) is 91.0 Å². The van der Waals surface area contributed by atoms with Crippen LogP contribution in [0.25, 0.3) is 0 Å². The zero-order valence-corrected chi connectivity index (χ0v) is 20.6. The fourth-order valence-corrected chi connectivity index (χ4v) is 4.35. The summed E-state index contributed by atoms with van der Waals surface area (Å²) in [6.45, 7) is 1.96. The van der Waals surface area contributed by atoms with Gasteiger partial charge in [0.1, 0.15) is 17.6 Å². The molecule has 3 aromatic carbocycles. The van der Waals surface area contributed by atoms with Crippen LogP contribution in [0.5, 0.6) is 5.75 Å². The molecule has 0 spiro atoms. The van der Waals surface area contributed by atoms with E-state index in [2.05, 4.69) is 5.32 Å². The van der Waals surface area contributed by atoms with Crippen molar-refractivity contribution in [1.82, 2.24) is 10.2 Å². The number of rotatable bonds is 3. The van der Waals surface area contributed by atoms with Crippen molar-refractivity contribution in [3.8, 4) is 5.75 Å². The van der Waals surface area contributed by atoms with E-state index in [9.17, 15) is 14.0 Å². The standard InChI is InChI=1S/C30H31FN2O3/c1-21-10-6-8-14-26(23-16-18-24(31)19-17-23)32-29(34)27(20-22-11-4-3-5-12-22)33(2)30(35)25-13-7-9-15-28(25)36-21/h3-9,11-13,15-19,21,26-27H,10,14,20H2,1-2H3,(H,32,34)/b8-6-/t21-,26-,27-/m1/s1. The number of nitrogens with one attached hydrogen (secondary N) is 1. The largest absolute Gasteiger partial charge is 0.490 e. The van der Waals surface area contributed by atoms with Crippen LogP contribution in [0.1, 0.15) is 47.3 Å². The highest BCUT2D eigenvalue weighted by Gasteiger charge is 2.31. The second kappa shape index (κ2) is 11.7. The van der Waals surface area contributed by atoms with Crippen LogP contribution >= 0.6 is 0 Å². The molecule has 1 N–H and O–H groups in total. The molecule has 3 atom stereocenters. The van der Waals surface area contributed by atoms with E-state index >= 15 is 0 Å².